The summed E-state index contributed by atoms with van der Waals surface area (Å²) in [6.45, 7) is 0.814. The number of halogens is 1. The molecule has 1 atom stereocenters. The molecule has 1 saturated heterocycles. The van der Waals surface area contributed by atoms with E-state index in [9.17, 15) is 0 Å². The van der Waals surface area contributed by atoms with E-state index in [4.69, 9.17) is 16.3 Å². The molecule has 0 spiro atoms. The molecule has 3 rings (SSSR count). The Morgan fingerprint density at radius 3 is 3.12 bits per heavy atom. The average molecular weight is 238 g/mol. The van der Waals surface area contributed by atoms with Gasteiger partial charge in [-0.15, -0.1) is 21.8 Å². The first-order valence-corrected chi connectivity index (χ1v) is 5.93. The quantitative estimate of drug-likeness (QED) is 0.753. The van der Waals surface area contributed by atoms with Gasteiger partial charge in [0.25, 0.3) is 0 Å². The van der Waals surface area contributed by atoms with Crippen molar-refractivity contribution in [2.75, 3.05) is 6.61 Å². The van der Waals surface area contributed by atoms with Crippen LogP contribution in [0, 0.1) is 0 Å². The first-order chi connectivity index (χ1) is 7.88. The summed E-state index contributed by atoms with van der Waals surface area (Å²) in [7, 11) is 0. The summed E-state index contributed by atoms with van der Waals surface area (Å²) in [5, 5.41) is 8.33. The molecule has 0 N–H and O–H groups in total. The summed E-state index contributed by atoms with van der Waals surface area (Å²) >= 11 is 5.82. The van der Waals surface area contributed by atoms with Gasteiger partial charge in [0.15, 0.2) is 11.5 Å². The van der Waals surface area contributed by atoms with Gasteiger partial charge in [0, 0.05) is 18.7 Å². The minimum absolute atomic E-state index is 0.0839. The van der Waals surface area contributed by atoms with Crippen LogP contribution in [-0.4, -0.2) is 21.2 Å². The van der Waals surface area contributed by atoms with Gasteiger partial charge in [-0.05, 0) is 24.5 Å². The zero-order chi connectivity index (χ0) is 11.0. The van der Waals surface area contributed by atoms with E-state index in [0.29, 0.717) is 5.88 Å². The second kappa shape index (κ2) is 4.03. The Morgan fingerprint density at radius 1 is 1.44 bits per heavy atom. The number of pyridine rings is 1. The van der Waals surface area contributed by atoms with E-state index in [2.05, 4.69) is 10.2 Å². The van der Waals surface area contributed by atoms with Crippen molar-refractivity contribution in [3.8, 4) is 0 Å². The fraction of sp³-hybridized carbons (Fsp3) is 0.455. The lowest BCUT2D eigenvalue weighted by molar-refractivity contribution is 0.104. The van der Waals surface area contributed by atoms with Crippen molar-refractivity contribution in [2.45, 2.75) is 24.8 Å². The van der Waals surface area contributed by atoms with Crippen LogP contribution in [0.3, 0.4) is 0 Å². The molecule has 5 heteroatoms. The molecule has 2 aromatic rings. The summed E-state index contributed by atoms with van der Waals surface area (Å²) in [6, 6.07) is 3.90. The molecule has 4 nitrogen and oxygen atoms in total. The highest BCUT2D eigenvalue weighted by Crippen LogP contribution is 2.27. The van der Waals surface area contributed by atoms with Crippen molar-refractivity contribution in [1.29, 1.82) is 0 Å². The molecule has 0 radical (unpaired) electrons. The minimum atomic E-state index is 0.0839. The van der Waals surface area contributed by atoms with Gasteiger partial charge >= 0.3 is 0 Å². The van der Waals surface area contributed by atoms with Crippen LogP contribution in [0.15, 0.2) is 18.3 Å². The second-order valence-corrected chi connectivity index (χ2v) is 4.23. The molecule has 16 heavy (non-hydrogen) atoms. The Bertz CT molecular complexity index is 505. The Labute approximate surface area is 98.2 Å². The van der Waals surface area contributed by atoms with Crippen LogP contribution in [0.4, 0.5) is 0 Å². The first kappa shape index (κ1) is 10.1. The zero-order valence-electron chi connectivity index (χ0n) is 8.77. The molecule has 0 aliphatic carbocycles. The number of nitrogens with zero attached hydrogens (tertiary/aromatic N) is 3. The van der Waals surface area contributed by atoms with E-state index in [1.54, 1.807) is 0 Å². The van der Waals surface area contributed by atoms with Gasteiger partial charge < -0.3 is 4.74 Å². The maximum absolute atomic E-state index is 5.82. The molecular weight excluding hydrogens is 226 g/mol. The SMILES string of the molecule is ClCc1ccc2nnc([C@H]3CCCO3)n2c1. The number of hydrogen-bond acceptors (Lipinski definition) is 3. The van der Waals surface area contributed by atoms with Crippen molar-refractivity contribution in [3.05, 3.63) is 29.7 Å². The van der Waals surface area contributed by atoms with E-state index in [1.807, 2.05) is 22.7 Å². The van der Waals surface area contributed by atoms with E-state index >= 15 is 0 Å². The molecule has 0 unspecified atom stereocenters. The van der Waals surface area contributed by atoms with E-state index in [0.717, 1.165) is 36.5 Å². The third kappa shape index (κ3) is 1.58. The summed E-state index contributed by atoms with van der Waals surface area (Å²) in [6.07, 6.45) is 4.18. The van der Waals surface area contributed by atoms with Gasteiger partial charge in [-0.3, -0.25) is 4.40 Å². The third-order valence-corrected chi connectivity index (χ3v) is 3.17. The number of hydrogen-bond donors (Lipinski definition) is 0. The lowest BCUT2D eigenvalue weighted by Crippen LogP contribution is -2.02. The molecule has 0 amide bonds. The van der Waals surface area contributed by atoms with Crippen LogP contribution in [0.2, 0.25) is 0 Å². The van der Waals surface area contributed by atoms with E-state index in [-0.39, 0.29) is 6.10 Å². The topological polar surface area (TPSA) is 39.4 Å². The van der Waals surface area contributed by atoms with Gasteiger partial charge in [0.2, 0.25) is 0 Å². The van der Waals surface area contributed by atoms with E-state index < -0.39 is 0 Å². The minimum Gasteiger partial charge on any atom is -0.370 e. The molecule has 0 bridgehead atoms. The summed E-state index contributed by atoms with van der Waals surface area (Å²) < 4.78 is 7.60. The van der Waals surface area contributed by atoms with Gasteiger partial charge in [0.1, 0.15) is 6.10 Å². The van der Waals surface area contributed by atoms with Crippen molar-refractivity contribution in [1.82, 2.24) is 14.6 Å². The van der Waals surface area contributed by atoms with Crippen LogP contribution in [-0.2, 0) is 10.6 Å². The summed E-state index contributed by atoms with van der Waals surface area (Å²) in [4.78, 5) is 0. The standard InChI is InChI=1S/C11H12ClN3O/c12-6-8-3-4-10-13-14-11(15(10)7-8)9-2-1-5-16-9/h3-4,7,9H,1-2,5-6H2/t9-/m1/s1. The number of alkyl halides is 1. The van der Waals surface area contributed by atoms with Crippen LogP contribution >= 0.6 is 11.6 Å². The van der Waals surface area contributed by atoms with E-state index in [1.165, 1.54) is 0 Å². The zero-order valence-corrected chi connectivity index (χ0v) is 9.52. The molecule has 84 valence electrons. The number of ether oxygens (including phenoxy) is 1. The molecule has 1 aliphatic heterocycles. The molecule has 3 heterocycles. The lowest BCUT2D eigenvalue weighted by atomic mass is 10.2. The Hall–Kier alpha value is -1.13. The number of fused-ring (bicyclic) bond motifs is 1. The highest BCUT2D eigenvalue weighted by molar-refractivity contribution is 6.17. The van der Waals surface area contributed by atoms with Crippen LogP contribution in [0.5, 0.6) is 0 Å². The Morgan fingerprint density at radius 2 is 2.38 bits per heavy atom. The van der Waals surface area contributed by atoms with Crippen LogP contribution in [0.25, 0.3) is 5.65 Å². The number of rotatable bonds is 2. The van der Waals surface area contributed by atoms with Crippen LogP contribution < -0.4 is 0 Å². The maximum Gasteiger partial charge on any atom is 0.166 e. The van der Waals surface area contributed by atoms with Gasteiger partial charge in [-0.1, -0.05) is 6.07 Å². The van der Waals surface area contributed by atoms with Gasteiger partial charge in [0.05, 0.1) is 0 Å². The molecule has 1 fully saturated rings. The van der Waals surface area contributed by atoms with Crippen molar-refractivity contribution < 1.29 is 4.74 Å². The lowest BCUT2D eigenvalue weighted by Gasteiger charge is -2.07. The normalized spacial score (nSPS) is 20.7. The Balaban J connectivity index is 2.09. The first-order valence-electron chi connectivity index (χ1n) is 5.39. The van der Waals surface area contributed by atoms with Crippen molar-refractivity contribution >= 4 is 17.2 Å². The monoisotopic (exact) mass is 237 g/mol. The maximum atomic E-state index is 5.82. The van der Waals surface area contributed by atoms with Crippen LogP contribution in [0.1, 0.15) is 30.3 Å². The number of aromatic nitrogens is 3. The summed E-state index contributed by atoms with van der Waals surface area (Å²) in [5.74, 6) is 1.39. The van der Waals surface area contributed by atoms with Gasteiger partial charge in [-0.25, -0.2) is 0 Å². The van der Waals surface area contributed by atoms with Crippen molar-refractivity contribution in [3.63, 3.8) is 0 Å². The second-order valence-electron chi connectivity index (χ2n) is 3.96. The molecular formula is C11H12ClN3O. The molecule has 1 aliphatic rings. The predicted molar refractivity (Wildman–Crippen MR) is 60.5 cm³/mol. The third-order valence-electron chi connectivity index (χ3n) is 2.86. The Kier molecular flexibility index (Phi) is 2.53. The average Bonchev–Trinajstić information content (AvgIpc) is 2.96. The molecule has 0 saturated carbocycles. The smallest absolute Gasteiger partial charge is 0.166 e. The fourth-order valence-electron chi connectivity index (χ4n) is 2.03. The highest BCUT2D eigenvalue weighted by Gasteiger charge is 2.22. The molecule has 2 aromatic heterocycles. The fourth-order valence-corrected chi connectivity index (χ4v) is 2.19. The summed E-state index contributed by atoms with van der Waals surface area (Å²) in [5.41, 5.74) is 1.91. The van der Waals surface area contributed by atoms with Gasteiger partial charge in [-0.2, -0.15) is 0 Å². The largest absolute Gasteiger partial charge is 0.370 e. The highest BCUT2D eigenvalue weighted by atomic mass is 35.5. The van der Waals surface area contributed by atoms with Crippen molar-refractivity contribution in [2.24, 2.45) is 0 Å². The molecule has 0 aromatic carbocycles. The predicted octanol–water partition coefficient (Wildman–Crippen LogP) is 2.32.